The van der Waals surface area contributed by atoms with Crippen molar-refractivity contribution in [2.45, 2.75) is 5.41 Å². The van der Waals surface area contributed by atoms with Gasteiger partial charge in [-0.15, -0.1) is 0 Å². The summed E-state index contributed by atoms with van der Waals surface area (Å²) in [6.07, 6.45) is 0. The molecule has 0 aliphatic heterocycles. The Labute approximate surface area is 420 Å². The molecule has 1 spiro atoms. The van der Waals surface area contributed by atoms with Crippen LogP contribution < -0.4 is 9.80 Å². The van der Waals surface area contributed by atoms with Crippen LogP contribution in [0.1, 0.15) is 22.3 Å². The van der Waals surface area contributed by atoms with Crippen molar-refractivity contribution >= 4 is 99.5 Å². The first-order valence-corrected chi connectivity index (χ1v) is 25.1. The number of hydrogen-bond donors (Lipinski definition) is 0. The molecule has 0 bridgehead atoms. The van der Waals surface area contributed by atoms with Crippen molar-refractivity contribution in [3.63, 3.8) is 0 Å². The van der Waals surface area contributed by atoms with Gasteiger partial charge in [-0.1, -0.05) is 170 Å². The molecule has 2 aromatic heterocycles. The molecule has 0 saturated carbocycles. The Morgan fingerprint density at radius 1 is 0.274 bits per heavy atom. The Balaban J connectivity index is 0.934. The lowest BCUT2D eigenvalue weighted by Gasteiger charge is -2.33. The fraction of sp³-hybridized carbons (Fsp3) is 0.0145. The molecular formula is C69H42N2O2. The Hall–Kier alpha value is -9.64. The first-order valence-electron chi connectivity index (χ1n) is 25.1. The maximum absolute atomic E-state index is 6.46. The number of rotatable bonds is 6. The number of nitrogens with zero attached hydrogens (tertiary/aromatic N) is 2. The predicted molar refractivity (Wildman–Crippen MR) is 302 cm³/mol. The van der Waals surface area contributed by atoms with Crippen LogP contribution in [-0.4, -0.2) is 0 Å². The lowest BCUT2D eigenvalue weighted by Crippen LogP contribution is -2.26. The second-order valence-electron chi connectivity index (χ2n) is 19.5. The summed E-state index contributed by atoms with van der Waals surface area (Å²) in [4.78, 5) is 4.78. The van der Waals surface area contributed by atoms with Gasteiger partial charge in [0.1, 0.15) is 22.3 Å². The van der Waals surface area contributed by atoms with E-state index in [-0.39, 0.29) is 0 Å². The van der Waals surface area contributed by atoms with Crippen LogP contribution in [0.2, 0.25) is 0 Å². The fourth-order valence-corrected chi connectivity index (χ4v) is 13.0. The summed E-state index contributed by atoms with van der Waals surface area (Å²) in [5, 5.41) is 9.23. The molecule has 2 aliphatic carbocycles. The van der Waals surface area contributed by atoms with Gasteiger partial charge < -0.3 is 18.6 Å². The van der Waals surface area contributed by atoms with Gasteiger partial charge >= 0.3 is 0 Å². The third-order valence-corrected chi connectivity index (χ3v) is 15.8. The Bertz CT molecular complexity index is 4290. The second kappa shape index (κ2) is 15.2. The van der Waals surface area contributed by atoms with Gasteiger partial charge in [0.2, 0.25) is 0 Å². The standard InChI is InChI=1S/C69H42N2O2/c1-3-17-45(18-4-1)70(59-27-15-31-63-65(59)55-23-9-13-29-61(55)72-63)47-35-39-49-43(41-47)33-37-53-54-38-34-44-42-48(71(46-19-5-2-6-20-46)60-28-16-32-64-66(60)56-24-10-14-30-62(56)73-64)36-40-50(44)68(54)69(67(49)53)57-25-11-7-21-51(57)52-22-8-12-26-58(52)69/h1-42H. The van der Waals surface area contributed by atoms with E-state index in [1.165, 1.54) is 66.1 Å². The zero-order valence-electron chi connectivity index (χ0n) is 39.5. The van der Waals surface area contributed by atoms with E-state index in [0.29, 0.717) is 0 Å². The summed E-state index contributed by atoms with van der Waals surface area (Å²) in [5.74, 6) is 0. The van der Waals surface area contributed by atoms with Crippen molar-refractivity contribution in [1.82, 2.24) is 0 Å². The molecule has 16 rings (SSSR count). The Kier molecular flexibility index (Phi) is 8.35. The van der Waals surface area contributed by atoms with E-state index in [1.807, 2.05) is 12.1 Å². The van der Waals surface area contributed by atoms with Gasteiger partial charge in [0, 0.05) is 33.5 Å². The molecular weight excluding hydrogens is 889 g/mol. The van der Waals surface area contributed by atoms with Crippen LogP contribution in [0.25, 0.3) is 87.7 Å². The van der Waals surface area contributed by atoms with Crippen molar-refractivity contribution in [3.8, 4) is 22.3 Å². The van der Waals surface area contributed by atoms with E-state index in [0.717, 1.165) is 78.0 Å². The molecule has 0 fully saturated rings. The third-order valence-electron chi connectivity index (χ3n) is 15.8. The molecule has 340 valence electrons. The maximum atomic E-state index is 6.46. The number of anilines is 6. The highest BCUT2D eigenvalue weighted by Crippen LogP contribution is 2.65. The van der Waals surface area contributed by atoms with E-state index < -0.39 is 5.41 Å². The average molecular weight is 931 g/mol. The van der Waals surface area contributed by atoms with Crippen molar-refractivity contribution in [3.05, 3.63) is 277 Å². The van der Waals surface area contributed by atoms with E-state index in [1.54, 1.807) is 0 Å². The van der Waals surface area contributed by atoms with Crippen LogP contribution in [0, 0.1) is 0 Å². The van der Waals surface area contributed by atoms with E-state index in [9.17, 15) is 0 Å². The van der Waals surface area contributed by atoms with Crippen molar-refractivity contribution < 1.29 is 8.83 Å². The topological polar surface area (TPSA) is 32.8 Å². The summed E-state index contributed by atoms with van der Waals surface area (Å²) >= 11 is 0. The van der Waals surface area contributed by atoms with Gasteiger partial charge in [0.15, 0.2) is 0 Å². The first kappa shape index (κ1) is 40.1. The van der Waals surface area contributed by atoms with Gasteiger partial charge in [-0.2, -0.15) is 0 Å². The molecule has 0 unspecified atom stereocenters. The van der Waals surface area contributed by atoms with Crippen LogP contribution >= 0.6 is 0 Å². The van der Waals surface area contributed by atoms with Crippen LogP contribution in [0.5, 0.6) is 0 Å². The minimum Gasteiger partial charge on any atom is -0.456 e. The van der Waals surface area contributed by atoms with Gasteiger partial charge in [0.05, 0.1) is 27.6 Å². The average Bonchev–Trinajstić information content (AvgIpc) is 4.21. The molecule has 14 aromatic rings. The highest BCUT2D eigenvalue weighted by atomic mass is 16.3. The van der Waals surface area contributed by atoms with E-state index in [4.69, 9.17) is 8.83 Å². The van der Waals surface area contributed by atoms with Crippen molar-refractivity contribution in [2.24, 2.45) is 0 Å². The van der Waals surface area contributed by atoms with Crippen LogP contribution in [0.15, 0.2) is 264 Å². The number of para-hydroxylation sites is 4. The Morgan fingerprint density at radius 3 is 1.16 bits per heavy atom. The molecule has 12 aromatic carbocycles. The quantitative estimate of drug-likeness (QED) is 0.166. The van der Waals surface area contributed by atoms with Crippen molar-refractivity contribution in [2.75, 3.05) is 9.80 Å². The van der Waals surface area contributed by atoms with Gasteiger partial charge in [-0.25, -0.2) is 0 Å². The first-order chi connectivity index (χ1) is 36.2. The SMILES string of the molecule is c1ccc(N(c2ccc3c4c(ccc3c2)-c2ccc3cc(N(c5ccccc5)c5cccc6oc7ccccc7c56)ccc3c2C42c3ccccc3-c3ccccc32)c2cccc3oc4ccccc4c23)cc1. The summed E-state index contributed by atoms with van der Waals surface area (Å²) in [6.45, 7) is 0. The van der Waals surface area contributed by atoms with E-state index >= 15 is 0 Å². The summed E-state index contributed by atoms with van der Waals surface area (Å²) < 4.78 is 12.9. The molecule has 0 N–H and O–H groups in total. The van der Waals surface area contributed by atoms with E-state index in [2.05, 4.69) is 252 Å². The maximum Gasteiger partial charge on any atom is 0.137 e. The summed E-state index contributed by atoms with van der Waals surface area (Å²) in [6, 6.07) is 92.9. The predicted octanol–water partition coefficient (Wildman–Crippen LogP) is 19.1. The minimum atomic E-state index is -0.596. The molecule has 2 aliphatic rings. The zero-order valence-corrected chi connectivity index (χ0v) is 39.5. The lowest BCUT2D eigenvalue weighted by atomic mass is 9.68. The minimum absolute atomic E-state index is 0.596. The molecule has 73 heavy (non-hydrogen) atoms. The lowest BCUT2D eigenvalue weighted by molar-refractivity contribution is 0.668. The number of furan rings is 2. The molecule has 0 saturated heterocycles. The molecule has 0 atom stereocenters. The number of benzene rings is 12. The number of fused-ring (bicyclic) bond motifs is 20. The summed E-state index contributed by atoms with van der Waals surface area (Å²) in [5.41, 5.74) is 19.8. The second-order valence-corrected chi connectivity index (χ2v) is 19.5. The molecule has 4 nitrogen and oxygen atoms in total. The van der Waals surface area contributed by atoms with Crippen LogP contribution in [0.3, 0.4) is 0 Å². The third kappa shape index (κ3) is 5.55. The largest absolute Gasteiger partial charge is 0.456 e. The molecule has 0 radical (unpaired) electrons. The van der Waals surface area contributed by atoms with Crippen LogP contribution in [0.4, 0.5) is 34.1 Å². The highest BCUT2D eigenvalue weighted by molar-refractivity contribution is 6.16. The Morgan fingerprint density at radius 2 is 0.685 bits per heavy atom. The molecule has 0 amide bonds. The normalized spacial score (nSPS) is 13.0. The van der Waals surface area contributed by atoms with Crippen LogP contribution in [-0.2, 0) is 5.41 Å². The fourth-order valence-electron chi connectivity index (χ4n) is 13.0. The van der Waals surface area contributed by atoms with Gasteiger partial charge in [-0.3, -0.25) is 0 Å². The summed E-state index contributed by atoms with van der Waals surface area (Å²) in [7, 11) is 0. The zero-order chi connectivity index (χ0) is 47.8. The highest BCUT2D eigenvalue weighted by Gasteiger charge is 2.53. The smallest absolute Gasteiger partial charge is 0.137 e. The monoisotopic (exact) mass is 930 g/mol. The van der Waals surface area contributed by atoms with Gasteiger partial charge in [-0.05, 0) is 151 Å². The number of hydrogen-bond acceptors (Lipinski definition) is 4. The molecule has 2 heterocycles. The van der Waals surface area contributed by atoms with Crippen molar-refractivity contribution in [1.29, 1.82) is 0 Å². The van der Waals surface area contributed by atoms with Gasteiger partial charge in [0.25, 0.3) is 0 Å². The molecule has 4 heteroatoms.